The van der Waals surface area contributed by atoms with Crippen LogP contribution in [-0.4, -0.2) is 25.4 Å². The zero-order chi connectivity index (χ0) is 9.52. The highest BCUT2D eigenvalue weighted by Gasteiger charge is 2.25. The van der Waals surface area contributed by atoms with Crippen LogP contribution in [0.3, 0.4) is 0 Å². The Morgan fingerprint density at radius 1 is 1.69 bits per heavy atom. The van der Waals surface area contributed by atoms with Crippen LogP contribution in [0.25, 0.3) is 0 Å². The van der Waals surface area contributed by atoms with Crippen molar-refractivity contribution in [2.45, 2.75) is 31.5 Å². The fourth-order valence-electron chi connectivity index (χ4n) is 1.48. The number of hydrogen-bond donors (Lipinski definition) is 0. The lowest BCUT2D eigenvalue weighted by molar-refractivity contribution is -0.0963. The Hall–Kier alpha value is -0.850. The molecule has 72 valence electrons. The first kappa shape index (κ1) is 10.2. The summed E-state index contributed by atoms with van der Waals surface area (Å²) < 4.78 is 10.9. The molecule has 0 spiro atoms. The van der Waals surface area contributed by atoms with E-state index in [-0.39, 0.29) is 12.2 Å². The van der Waals surface area contributed by atoms with Crippen molar-refractivity contribution < 1.29 is 9.47 Å². The van der Waals surface area contributed by atoms with Crippen LogP contribution in [0.15, 0.2) is 12.7 Å². The topological polar surface area (TPSA) is 42.2 Å². The first-order valence-corrected chi connectivity index (χ1v) is 4.59. The highest BCUT2D eigenvalue weighted by atomic mass is 16.5. The Balaban J connectivity index is 2.37. The summed E-state index contributed by atoms with van der Waals surface area (Å²) in [6.07, 6.45) is 4.18. The molecule has 0 aromatic carbocycles. The highest BCUT2D eigenvalue weighted by Crippen LogP contribution is 2.19. The van der Waals surface area contributed by atoms with Gasteiger partial charge in [0.2, 0.25) is 0 Å². The molecule has 0 bridgehead atoms. The largest absolute Gasteiger partial charge is 0.374 e. The zero-order valence-electron chi connectivity index (χ0n) is 7.74. The van der Waals surface area contributed by atoms with Crippen molar-refractivity contribution >= 4 is 0 Å². The summed E-state index contributed by atoms with van der Waals surface area (Å²) in [5, 5.41) is 8.56. The molecule has 0 aliphatic carbocycles. The van der Waals surface area contributed by atoms with E-state index in [1.165, 1.54) is 0 Å². The van der Waals surface area contributed by atoms with Crippen molar-refractivity contribution in [2.75, 3.05) is 13.2 Å². The lowest BCUT2D eigenvalue weighted by Gasteiger charge is -2.29. The maximum absolute atomic E-state index is 8.56. The van der Waals surface area contributed by atoms with Gasteiger partial charge < -0.3 is 9.47 Å². The molecule has 2 atom stereocenters. The van der Waals surface area contributed by atoms with E-state index < -0.39 is 0 Å². The monoisotopic (exact) mass is 181 g/mol. The number of nitrogens with zero attached hydrogens (tertiary/aromatic N) is 1. The Morgan fingerprint density at radius 3 is 3.23 bits per heavy atom. The van der Waals surface area contributed by atoms with Crippen molar-refractivity contribution in [1.82, 2.24) is 0 Å². The van der Waals surface area contributed by atoms with E-state index >= 15 is 0 Å². The van der Waals surface area contributed by atoms with Crippen molar-refractivity contribution in [3.05, 3.63) is 12.7 Å². The Morgan fingerprint density at radius 2 is 2.54 bits per heavy atom. The van der Waals surface area contributed by atoms with E-state index in [1.807, 2.05) is 0 Å². The second-order valence-corrected chi connectivity index (χ2v) is 3.07. The van der Waals surface area contributed by atoms with Crippen LogP contribution in [-0.2, 0) is 9.47 Å². The van der Waals surface area contributed by atoms with Gasteiger partial charge in [-0.25, -0.2) is 0 Å². The van der Waals surface area contributed by atoms with Gasteiger partial charge >= 0.3 is 0 Å². The fraction of sp³-hybridized carbons (Fsp3) is 0.700. The van der Waals surface area contributed by atoms with Crippen LogP contribution < -0.4 is 0 Å². The van der Waals surface area contributed by atoms with Gasteiger partial charge in [0.15, 0.2) is 0 Å². The van der Waals surface area contributed by atoms with Crippen LogP contribution >= 0.6 is 0 Å². The quantitative estimate of drug-likeness (QED) is 0.619. The summed E-state index contributed by atoms with van der Waals surface area (Å²) in [6, 6.07) is 2.11. The summed E-state index contributed by atoms with van der Waals surface area (Å²) in [4.78, 5) is 0. The van der Waals surface area contributed by atoms with Gasteiger partial charge in [0.25, 0.3) is 0 Å². The third-order valence-electron chi connectivity index (χ3n) is 2.10. The van der Waals surface area contributed by atoms with E-state index in [0.717, 1.165) is 19.4 Å². The molecular weight excluding hydrogens is 166 g/mol. The van der Waals surface area contributed by atoms with Crippen LogP contribution in [0.1, 0.15) is 19.3 Å². The zero-order valence-corrected chi connectivity index (χ0v) is 7.74. The van der Waals surface area contributed by atoms with Crippen molar-refractivity contribution in [1.29, 1.82) is 5.26 Å². The molecule has 0 aromatic heterocycles. The van der Waals surface area contributed by atoms with E-state index in [9.17, 15) is 0 Å². The molecule has 3 heteroatoms. The molecule has 1 aliphatic rings. The minimum Gasteiger partial charge on any atom is -0.374 e. The molecule has 0 aromatic rings. The number of ether oxygens (including phenoxy) is 2. The summed E-state index contributed by atoms with van der Waals surface area (Å²) >= 11 is 0. The first-order chi connectivity index (χ1) is 6.38. The van der Waals surface area contributed by atoms with Gasteiger partial charge in [0.1, 0.15) is 0 Å². The fourth-order valence-corrected chi connectivity index (χ4v) is 1.48. The SMILES string of the molecule is C=CCO[C@H]1CCCO[C@@H]1CC#N. The third kappa shape index (κ3) is 3.17. The van der Waals surface area contributed by atoms with Crippen LogP contribution in [0, 0.1) is 11.3 Å². The molecule has 3 nitrogen and oxygen atoms in total. The average molecular weight is 181 g/mol. The van der Waals surface area contributed by atoms with Crippen LogP contribution in [0.5, 0.6) is 0 Å². The van der Waals surface area contributed by atoms with Gasteiger partial charge in [-0.2, -0.15) is 5.26 Å². The molecule has 1 saturated heterocycles. The van der Waals surface area contributed by atoms with Gasteiger partial charge in [-0.05, 0) is 12.8 Å². The molecule has 0 saturated carbocycles. The molecule has 1 heterocycles. The minimum absolute atomic E-state index is 0.0429. The van der Waals surface area contributed by atoms with E-state index in [4.69, 9.17) is 14.7 Å². The van der Waals surface area contributed by atoms with Crippen molar-refractivity contribution in [2.24, 2.45) is 0 Å². The van der Waals surface area contributed by atoms with Crippen LogP contribution in [0.4, 0.5) is 0 Å². The molecule has 0 radical (unpaired) electrons. The average Bonchev–Trinajstić information content (AvgIpc) is 2.17. The van der Waals surface area contributed by atoms with E-state index in [0.29, 0.717) is 13.0 Å². The lowest BCUT2D eigenvalue weighted by atomic mass is 10.0. The maximum atomic E-state index is 8.56. The van der Waals surface area contributed by atoms with Gasteiger partial charge in [-0.1, -0.05) is 6.08 Å². The molecule has 0 amide bonds. The Kier molecular flexibility index (Phi) is 4.52. The number of hydrogen-bond acceptors (Lipinski definition) is 3. The predicted molar refractivity (Wildman–Crippen MR) is 49.1 cm³/mol. The minimum atomic E-state index is -0.0429. The third-order valence-corrected chi connectivity index (χ3v) is 2.10. The summed E-state index contributed by atoms with van der Waals surface area (Å²) in [5.41, 5.74) is 0. The summed E-state index contributed by atoms with van der Waals surface area (Å²) in [6.45, 7) is 4.87. The van der Waals surface area contributed by atoms with E-state index in [1.54, 1.807) is 6.08 Å². The first-order valence-electron chi connectivity index (χ1n) is 4.59. The maximum Gasteiger partial charge on any atom is 0.0966 e. The van der Waals surface area contributed by atoms with Crippen molar-refractivity contribution in [3.63, 3.8) is 0 Å². The van der Waals surface area contributed by atoms with Crippen LogP contribution in [0.2, 0.25) is 0 Å². The molecule has 1 aliphatic heterocycles. The standard InChI is InChI=1S/C10H15NO2/c1-2-7-12-9-4-3-8-13-10(9)5-6-11/h2,9-10H,1,3-5,7-8H2/t9-,10+/m0/s1. The molecule has 1 rings (SSSR count). The molecular formula is C10H15NO2. The second-order valence-electron chi connectivity index (χ2n) is 3.07. The second kappa shape index (κ2) is 5.74. The number of nitriles is 1. The smallest absolute Gasteiger partial charge is 0.0966 e. The van der Waals surface area contributed by atoms with E-state index in [2.05, 4.69) is 12.6 Å². The lowest BCUT2D eigenvalue weighted by Crippen LogP contribution is -2.36. The normalized spacial score (nSPS) is 27.9. The molecule has 0 unspecified atom stereocenters. The summed E-state index contributed by atoms with van der Waals surface area (Å²) in [7, 11) is 0. The van der Waals surface area contributed by atoms with Gasteiger partial charge in [-0.3, -0.25) is 0 Å². The van der Waals surface area contributed by atoms with Gasteiger partial charge in [0.05, 0.1) is 31.3 Å². The molecule has 0 N–H and O–H groups in total. The summed E-state index contributed by atoms with van der Waals surface area (Å²) in [5.74, 6) is 0. The Bertz CT molecular complexity index is 198. The number of rotatable bonds is 4. The highest BCUT2D eigenvalue weighted by molar-refractivity contribution is 4.85. The van der Waals surface area contributed by atoms with Gasteiger partial charge in [-0.15, -0.1) is 6.58 Å². The molecule has 13 heavy (non-hydrogen) atoms. The van der Waals surface area contributed by atoms with Crippen molar-refractivity contribution in [3.8, 4) is 6.07 Å². The predicted octanol–water partition coefficient (Wildman–Crippen LogP) is 1.65. The van der Waals surface area contributed by atoms with Gasteiger partial charge in [0, 0.05) is 6.61 Å². The molecule has 1 fully saturated rings. The Labute approximate surface area is 78.9 Å².